The lowest BCUT2D eigenvalue weighted by molar-refractivity contribution is -0.138. The lowest BCUT2D eigenvalue weighted by atomic mass is 9.94. The Morgan fingerprint density at radius 1 is 1.50 bits per heavy atom. The zero-order chi connectivity index (χ0) is 10.1. The quantitative estimate of drug-likeness (QED) is 0.619. The second kappa shape index (κ2) is 3.31. The van der Waals surface area contributed by atoms with Crippen molar-refractivity contribution < 1.29 is 9.90 Å². The monoisotopic (exact) mass is 192 g/mol. The van der Waals surface area contributed by atoms with Gasteiger partial charge in [0.05, 0.1) is 0 Å². The number of nitrogens with one attached hydrogen (secondary N) is 1. The van der Waals surface area contributed by atoms with Gasteiger partial charge in [-0.05, 0) is 18.1 Å². The molecule has 1 heterocycles. The number of hydrogen-bond donors (Lipinski definition) is 3. The Hall–Kier alpha value is -1.55. The molecular formula is C10H12N2O2. The molecule has 1 aliphatic rings. The smallest absolute Gasteiger partial charge is 0.326 e. The largest absolute Gasteiger partial charge is 0.480 e. The molecule has 14 heavy (non-hydrogen) atoms. The van der Waals surface area contributed by atoms with Crippen LogP contribution >= 0.6 is 0 Å². The number of aliphatic carboxylic acids is 1. The van der Waals surface area contributed by atoms with Gasteiger partial charge in [-0.25, -0.2) is 4.79 Å². The topological polar surface area (TPSA) is 75.4 Å². The second-order valence-electron chi connectivity index (χ2n) is 3.46. The van der Waals surface area contributed by atoms with Crippen molar-refractivity contribution in [2.24, 2.45) is 5.73 Å². The molecule has 4 nitrogen and oxygen atoms in total. The normalized spacial score (nSPS) is 24.9. The van der Waals surface area contributed by atoms with E-state index in [9.17, 15) is 4.79 Å². The number of carboxylic acid groups (broad SMARTS) is 1. The average molecular weight is 192 g/mol. The highest BCUT2D eigenvalue weighted by atomic mass is 16.4. The molecule has 2 unspecified atom stereocenters. The molecule has 74 valence electrons. The summed E-state index contributed by atoms with van der Waals surface area (Å²) < 4.78 is 0. The van der Waals surface area contributed by atoms with E-state index in [2.05, 4.69) is 5.32 Å². The minimum absolute atomic E-state index is 0.187. The summed E-state index contributed by atoms with van der Waals surface area (Å²) in [6.45, 7) is 0. The lowest BCUT2D eigenvalue weighted by Gasteiger charge is -2.28. The van der Waals surface area contributed by atoms with E-state index in [4.69, 9.17) is 10.8 Å². The minimum Gasteiger partial charge on any atom is -0.480 e. The van der Waals surface area contributed by atoms with E-state index >= 15 is 0 Å². The zero-order valence-corrected chi connectivity index (χ0v) is 7.60. The third kappa shape index (κ3) is 1.44. The Kier molecular flexibility index (Phi) is 2.13. The molecule has 1 aromatic carbocycles. The molecule has 2 rings (SSSR count). The molecule has 0 amide bonds. The number of carbonyl (C=O) groups is 1. The van der Waals surface area contributed by atoms with Crippen LogP contribution in [0.2, 0.25) is 0 Å². The highest BCUT2D eigenvalue weighted by Crippen LogP contribution is 2.30. The van der Waals surface area contributed by atoms with Crippen LogP contribution in [0.15, 0.2) is 24.3 Å². The van der Waals surface area contributed by atoms with Crippen LogP contribution in [0.25, 0.3) is 0 Å². The van der Waals surface area contributed by atoms with Crippen molar-refractivity contribution in [2.75, 3.05) is 5.32 Å². The van der Waals surface area contributed by atoms with Gasteiger partial charge in [0.15, 0.2) is 0 Å². The van der Waals surface area contributed by atoms with Gasteiger partial charge in [0.2, 0.25) is 0 Å². The predicted molar refractivity (Wildman–Crippen MR) is 53.0 cm³/mol. The van der Waals surface area contributed by atoms with E-state index in [1.807, 2.05) is 24.3 Å². The highest BCUT2D eigenvalue weighted by Gasteiger charge is 2.27. The van der Waals surface area contributed by atoms with Gasteiger partial charge in [-0.3, -0.25) is 0 Å². The lowest BCUT2D eigenvalue weighted by Crippen LogP contribution is -2.37. The number of hydrogen-bond acceptors (Lipinski definition) is 3. The maximum absolute atomic E-state index is 10.8. The molecule has 0 fully saturated rings. The molecule has 0 saturated heterocycles. The van der Waals surface area contributed by atoms with Gasteiger partial charge in [0.25, 0.3) is 0 Å². The van der Waals surface area contributed by atoms with Gasteiger partial charge >= 0.3 is 5.97 Å². The van der Waals surface area contributed by atoms with Crippen LogP contribution in [0.1, 0.15) is 18.0 Å². The Bertz CT molecular complexity index is 365. The van der Waals surface area contributed by atoms with Gasteiger partial charge < -0.3 is 16.2 Å². The maximum Gasteiger partial charge on any atom is 0.326 e. The Labute approximate surface area is 81.7 Å². The van der Waals surface area contributed by atoms with Crippen LogP contribution in [0.4, 0.5) is 5.69 Å². The molecule has 4 N–H and O–H groups in total. The summed E-state index contributed by atoms with van der Waals surface area (Å²) in [6.07, 6.45) is 0.437. The first-order chi connectivity index (χ1) is 6.68. The van der Waals surface area contributed by atoms with Crippen molar-refractivity contribution in [3.05, 3.63) is 29.8 Å². The average Bonchev–Trinajstić information content (AvgIpc) is 2.17. The Balaban J connectivity index is 2.33. The summed E-state index contributed by atoms with van der Waals surface area (Å²) in [6, 6.07) is 6.79. The number of nitrogens with two attached hydrogens (primary N) is 1. The fraction of sp³-hybridized carbons (Fsp3) is 0.300. The summed E-state index contributed by atoms with van der Waals surface area (Å²) in [5, 5.41) is 11.8. The molecule has 0 radical (unpaired) electrons. The molecule has 4 heteroatoms. The maximum atomic E-state index is 10.8. The first-order valence-corrected chi connectivity index (χ1v) is 4.52. The molecule has 0 bridgehead atoms. The minimum atomic E-state index is -0.852. The van der Waals surface area contributed by atoms with Gasteiger partial charge in [0.1, 0.15) is 6.04 Å². The number of anilines is 1. The predicted octanol–water partition coefficient (Wildman–Crippen LogP) is 0.955. The van der Waals surface area contributed by atoms with Crippen LogP contribution in [0, 0.1) is 0 Å². The third-order valence-electron chi connectivity index (χ3n) is 2.48. The van der Waals surface area contributed by atoms with Gasteiger partial charge in [-0.2, -0.15) is 0 Å². The Morgan fingerprint density at radius 2 is 2.21 bits per heavy atom. The van der Waals surface area contributed by atoms with Crippen molar-refractivity contribution in [2.45, 2.75) is 18.5 Å². The number of carboxylic acids is 1. The second-order valence-corrected chi connectivity index (χ2v) is 3.46. The molecular weight excluding hydrogens is 180 g/mol. The fourth-order valence-electron chi connectivity index (χ4n) is 1.74. The molecule has 0 aromatic heterocycles. The summed E-state index contributed by atoms with van der Waals surface area (Å²) in [7, 11) is 0. The number of benzene rings is 1. The van der Waals surface area contributed by atoms with Crippen molar-refractivity contribution in [1.29, 1.82) is 0 Å². The molecule has 0 spiro atoms. The van der Waals surface area contributed by atoms with E-state index in [0.29, 0.717) is 6.42 Å². The van der Waals surface area contributed by atoms with E-state index in [-0.39, 0.29) is 6.04 Å². The van der Waals surface area contributed by atoms with Crippen molar-refractivity contribution >= 4 is 11.7 Å². The van der Waals surface area contributed by atoms with Crippen molar-refractivity contribution in [1.82, 2.24) is 0 Å². The van der Waals surface area contributed by atoms with Crippen LogP contribution in [-0.2, 0) is 4.79 Å². The first kappa shape index (κ1) is 9.02. The zero-order valence-electron chi connectivity index (χ0n) is 7.60. The fourth-order valence-corrected chi connectivity index (χ4v) is 1.74. The molecule has 2 atom stereocenters. The van der Waals surface area contributed by atoms with E-state index < -0.39 is 12.0 Å². The van der Waals surface area contributed by atoms with Gasteiger partial charge in [0, 0.05) is 11.7 Å². The molecule has 1 aliphatic heterocycles. The number of rotatable bonds is 1. The molecule has 1 aromatic rings. The van der Waals surface area contributed by atoms with E-state index in [0.717, 1.165) is 11.3 Å². The van der Waals surface area contributed by atoms with Crippen molar-refractivity contribution in [3.63, 3.8) is 0 Å². The first-order valence-electron chi connectivity index (χ1n) is 4.52. The van der Waals surface area contributed by atoms with Crippen LogP contribution in [0.5, 0.6) is 0 Å². The van der Waals surface area contributed by atoms with Crippen LogP contribution < -0.4 is 11.1 Å². The van der Waals surface area contributed by atoms with Gasteiger partial charge in [-0.1, -0.05) is 18.2 Å². The van der Waals surface area contributed by atoms with Crippen molar-refractivity contribution in [3.8, 4) is 0 Å². The standard InChI is InChI=1S/C10H12N2O2/c11-7-5-9(10(13)14)12-8-4-2-1-3-6(7)8/h1-4,7,9,12H,5,11H2,(H,13,14). The number of para-hydroxylation sites is 1. The van der Waals surface area contributed by atoms with Gasteiger partial charge in [-0.15, -0.1) is 0 Å². The van der Waals surface area contributed by atoms with E-state index in [1.165, 1.54) is 0 Å². The summed E-state index contributed by atoms with van der Waals surface area (Å²) in [5.41, 5.74) is 7.69. The summed E-state index contributed by atoms with van der Waals surface area (Å²) >= 11 is 0. The highest BCUT2D eigenvalue weighted by molar-refractivity contribution is 5.79. The van der Waals surface area contributed by atoms with Crippen LogP contribution in [0.3, 0.4) is 0 Å². The summed E-state index contributed by atoms with van der Waals surface area (Å²) in [4.78, 5) is 10.8. The van der Waals surface area contributed by atoms with E-state index in [1.54, 1.807) is 0 Å². The molecule has 0 saturated carbocycles. The Morgan fingerprint density at radius 3 is 2.93 bits per heavy atom. The number of fused-ring (bicyclic) bond motifs is 1. The SMILES string of the molecule is NC1CC(C(=O)O)Nc2ccccc21. The third-order valence-corrected chi connectivity index (χ3v) is 2.48. The summed E-state index contributed by atoms with van der Waals surface area (Å²) in [5.74, 6) is -0.852. The van der Waals surface area contributed by atoms with Crippen LogP contribution in [-0.4, -0.2) is 17.1 Å². The molecule has 0 aliphatic carbocycles.